The van der Waals surface area contributed by atoms with Crippen LogP contribution in [-0.2, 0) is 33.5 Å². The number of nitrogens with zero attached hydrogens (tertiary/aromatic N) is 4. The molecule has 22 heteroatoms. The summed E-state index contributed by atoms with van der Waals surface area (Å²) in [5.41, 5.74) is -0.826. The molecule has 3 aliphatic rings. The maximum Gasteiger partial charge on any atom is 0.501 e. The summed E-state index contributed by atoms with van der Waals surface area (Å²) >= 11 is 7.65. The molecule has 4 aromatic carbocycles. The van der Waals surface area contributed by atoms with Gasteiger partial charge >= 0.3 is 13.1 Å². The summed E-state index contributed by atoms with van der Waals surface area (Å²) in [6, 6.07) is 26.1. The molecule has 0 amide bonds. The molecule has 0 aromatic heterocycles. The van der Waals surface area contributed by atoms with Crippen LogP contribution in [0.25, 0.3) is 5.57 Å². The Morgan fingerprint density at radius 2 is 1.43 bits per heavy atom. The predicted molar refractivity (Wildman–Crippen MR) is 294 cm³/mol. The van der Waals surface area contributed by atoms with Crippen molar-refractivity contribution < 1.29 is 48.7 Å². The van der Waals surface area contributed by atoms with Gasteiger partial charge in [-0.3, -0.25) is 9.46 Å². The van der Waals surface area contributed by atoms with E-state index in [9.17, 15) is 39.7 Å². The van der Waals surface area contributed by atoms with Crippen molar-refractivity contribution in [2.75, 3.05) is 107 Å². The quantitative estimate of drug-likeness (QED) is 0.0345. The zero-order chi connectivity index (χ0) is 54.0. The first-order valence-electron chi connectivity index (χ1n) is 25.5. The molecule has 7 rings (SSSR count). The lowest BCUT2D eigenvalue weighted by atomic mass is 9.73. The molecule has 75 heavy (non-hydrogen) atoms. The van der Waals surface area contributed by atoms with Gasteiger partial charge in [0.05, 0.1) is 30.0 Å². The SMILES string of the molecule is CCOP(=O)(CCN1CCN(CC[C@H](CSc2ccccc2)Nc2ccc(S(=O)(=O)NC(O)c3ccc(N4CCN(CC5=C(c6ccc(Cl)cc6)CCC(C)(C)C5)CC4)cc3)cc2S(=O)(=O)C(F)(F)F)CC1)OCC. The molecule has 2 atom stereocenters. The number of allylic oxidation sites excluding steroid dienone is 1. The number of nitrogens with one attached hydrogen (secondary N) is 2. The van der Waals surface area contributed by atoms with Gasteiger partial charge in [0, 0.05) is 99.4 Å². The van der Waals surface area contributed by atoms with Crippen molar-refractivity contribution in [3.8, 4) is 0 Å². The predicted octanol–water partition coefficient (Wildman–Crippen LogP) is 10.2. The Kier molecular flexibility index (Phi) is 20.5. The summed E-state index contributed by atoms with van der Waals surface area (Å²) in [7, 11) is -14.1. The number of thioether (sulfide) groups is 1. The number of aliphatic hydroxyl groups excluding tert-OH is 1. The molecule has 0 spiro atoms. The topological polar surface area (TPSA) is 161 Å². The van der Waals surface area contributed by atoms with E-state index < -0.39 is 60.7 Å². The largest absolute Gasteiger partial charge is 0.501 e. The van der Waals surface area contributed by atoms with Crippen molar-refractivity contribution in [3.63, 3.8) is 0 Å². The summed E-state index contributed by atoms with van der Waals surface area (Å²) in [4.78, 5) is 7.94. The number of benzene rings is 4. The van der Waals surface area contributed by atoms with Gasteiger partial charge in [0.25, 0.3) is 9.84 Å². The minimum absolute atomic E-state index is 0.179. The number of sulfonamides is 1. The first-order chi connectivity index (χ1) is 35.6. The van der Waals surface area contributed by atoms with E-state index in [1.807, 2.05) is 42.5 Å². The smallest absolute Gasteiger partial charge is 0.380 e. The van der Waals surface area contributed by atoms with Crippen LogP contribution < -0.4 is 14.9 Å². The van der Waals surface area contributed by atoms with Crippen LogP contribution in [0.3, 0.4) is 0 Å². The molecule has 1 unspecified atom stereocenters. The standard InChI is InChI=1S/C53H71ClF3N6O8PS3/c1-5-70-72(65,71-6-2)35-34-61-28-26-60(27-29-61)25-23-44(39-73-46-10-8-7-9-11-46)58-49-21-20-47(36-50(49)74(66,67)53(55,56)57)75(68,69)59-51(64)41-14-18-45(19-15-41)63-32-30-62(31-33-63)38-42-37-52(3,4)24-22-48(42)40-12-16-43(54)17-13-40/h7-21,36,44,51,58-59,64H,5-6,22-35,37-39H2,1-4H3/t44-,51?/m1/s1. The highest BCUT2D eigenvalue weighted by molar-refractivity contribution is 7.99. The molecule has 4 aromatic rings. The zero-order valence-corrected chi connectivity index (χ0v) is 47.2. The van der Waals surface area contributed by atoms with E-state index in [4.69, 9.17) is 20.6 Å². The first-order valence-corrected chi connectivity index (χ1v) is 31.6. The van der Waals surface area contributed by atoms with Crippen molar-refractivity contribution in [2.24, 2.45) is 5.41 Å². The molecule has 0 bridgehead atoms. The maximum atomic E-state index is 14.4. The lowest BCUT2D eigenvalue weighted by Gasteiger charge is -2.39. The van der Waals surface area contributed by atoms with E-state index in [0.29, 0.717) is 62.5 Å². The highest BCUT2D eigenvalue weighted by Gasteiger charge is 2.48. The lowest BCUT2D eigenvalue weighted by Crippen LogP contribution is -2.48. The Labute approximate surface area is 450 Å². The van der Waals surface area contributed by atoms with Crippen molar-refractivity contribution in [1.29, 1.82) is 0 Å². The van der Waals surface area contributed by atoms with E-state index in [1.54, 1.807) is 38.1 Å². The number of alkyl halides is 3. The minimum atomic E-state index is -6.09. The first kappa shape index (κ1) is 59.2. The van der Waals surface area contributed by atoms with Crippen LogP contribution >= 0.6 is 31.0 Å². The average molecular weight is 1140 g/mol. The second-order valence-corrected chi connectivity index (χ2v) is 27.4. The lowest BCUT2D eigenvalue weighted by molar-refractivity contribution is -0.0435. The summed E-state index contributed by atoms with van der Waals surface area (Å²) in [5, 5.41) is 14.9. The maximum absolute atomic E-state index is 14.4. The molecule has 2 heterocycles. The Morgan fingerprint density at radius 1 is 0.813 bits per heavy atom. The minimum Gasteiger partial charge on any atom is -0.380 e. The van der Waals surface area contributed by atoms with Crippen molar-refractivity contribution in [2.45, 2.75) is 85.8 Å². The molecular formula is C53H71ClF3N6O8PS3. The fraction of sp³-hybridized carbons (Fsp3) is 0.509. The summed E-state index contributed by atoms with van der Waals surface area (Å²) in [5.74, 6) is 0.339. The Bertz CT molecular complexity index is 2810. The number of aliphatic hydroxyl groups is 1. The number of hydrogen-bond acceptors (Lipinski definition) is 14. The third-order valence-corrected chi connectivity index (χ3v) is 20.4. The molecule has 2 aliphatic heterocycles. The second-order valence-electron chi connectivity index (χ2n) is 20.0. The Morgan fingerprint density at radius 3 is 2.04 bits per heavy atom. The van der Waals surface area contributed by atoms with Crippen molar-refractivity contribution >= 4 is 67.8 Å². The van der Waals surface area contributed by atoms with E-state index in [-0.39, 0.29) is 30.4 Å². The number of anilines is 2. The van der Waals surface area contributed by atoms with Gasteiger partial charge in [0.2, 0.25) is 10.0 Å². The molecule has 0 radical (unpaired) electrons. The number of rotatable bonds is 24. The number of piperazine rings is 2. The van der Waals surface area contributed by atoms with Gasteiger partial charge in [-0.15, -0.1) is 11.8 Å². The van der Waals surface area contributed by atoms with Crippen LogP contribution in [0.1, 0.15) is 70.7 Å². The molecule has 2 fully saturated rings. The van der Waals surface area contributed by atoms with Gasteiger partial charge in [-0.05, 0) is 116 Å². The molecular weight excluding hydrogens is 1070 g/mol. The van der Waals surface area contributed by atoms with Crippen LogP contribution in [0.15, 0.2) is 117 Å². The van der Waals surface area contributed by atoms with Crippen LogP contribution in [0.5, 0.6) is 0 Å². The van der Waals surface area contributed by atoms with E-state index in [1.165, 1.54) is 28.5 Å². The van der Waals surface area contributed by atoms with Crippen LogP contribution in [0, 0.1) is 5.41 Å². The van der Waals surface area contributed by atoms with Gasteiger partial charge in [-0.1, -0.05) is 73.5 Å². The second kappa shape index (κ2) is 26.0. The van der Waals surface area contributed by atoms with E-state index >= 15 is 0 Å². The van der Waals surface area contributed by atoms with E-state index in [2.05, 4.69) is 55.6 Å². The van der Waals surface area contributed by atoms with Crippen LogP contribution in [0.4, 0.5) is 24.5 Å². The molecule has 2 saturated heterocycles. The third-order valence-electron chi connectivity index (χ3n) is 14.0. The van der Waals surface area contributed by atoms with Gasteiger partial charge in [-0.2, -0.15) is 17.9 Å². The Balaban J connectivity index is 0.997. The average Bonchev–Trinajstić information content (AvgIpc) is 3.37. The van der Waals surface area contributed by atoms with Crippen molar-refractivity contribution in [1.82, 2.24) is 19.4 Å². The van der Waals surface area contributed by atoms with E-state index in [0.717, 1.165) is 74.7 Å². The van der Waals surface area contributed by atoms with Gasteiger partial charge in [-0.25, -0.2) is 16.8 Å². The highest BCUT2D eigenvalue weighted by Crippen LogP contribution is 2.48. The number of hydrogen-bond donors (Lipinski definition) is 3. The van der Waals surface area contributed by atoms with Gasteiger partial charge in [0.15, 0.2) is 0 Å². The normalized spacial score (nSPS) is 18.5. The zero-order valence-electron chi connectivity index (χ0n) is 43.1. The highest BCUT2D eigenvalue weighted by atomic mass is 35.5. The summed E-state index contributed by atoms with van der Waals surface area (Å²) in [6.45, 7) is 16.5. The molecule has 3 N–H and O–H groups in total. The summed E-state index contributed by atoms with van der Waals surface area (Å²) in [6.07, 6.45) is 2.01. The molecule has 14 nitrogen and oxygen atoms in total. The molecule has 412 valence electrons. The molecule has 1 aliphatic carbocycles. The van der Waals surface area contributed by atoms with Crippen molar-refractivity contribution in [3.05, 3.63) is 119 Å². The third kappa shape index (κ3) is 16.3. The number of sulfone groups is 1. The summed E-state index contributed by atoms with van der Waals surface area (Å²) < 4.78 is 123. The van der Waals surface area contributed by atoms with Crippen LogP contribution in [0.2, 0.25) is 5.02 Å². The number of halogens is 4. The fourth-order valence-electron chi connectivity index (χ4n) is 9.81. The Hall–Kier alpha value is -3.50. The van der Waals surface area contributed by atoms with Gasteiger partial charge in [0.1, 0.15) is 11.1 Å². The molecule has 0 saturated carbocycles. The fourth-order valence-corrected chi connectivity index (χ4v) is 14.7. The van der Waals surface area contributed by atoms with Crippen LogP contribution in [-0.4, -0.2) is 145 Å². The monoisotopic (exact) mass is 1140 g/mol. The van der Waals surface area contributed by atoms with Gasteiger partial charge < -0.3 is 34.2 Å².